The Morgan fingerprint density at radius 2 is 2.29 bits per heavy atom. The zero-order valence-electron chi connectivity index (χ0n) is 15.8. The summed E-state index contributed by atoms with van der Waals surface area (Å²) in [5, 5.41) is 4.26. The van der Waals surface area contributed by atoms with Crippen molar-refractivity contribution in [3.05, 3.63) is 30.3 Å². The second-order valence-corrected chi connectivity index (χ2v) is 9.11. The lowest BCUT2D eigenvalue weighted by molar-refractivity contribution is -0.118. The number of halogens is 1. The monoisotopic (exact) mass is 418 g/mol. The lowest BCUT2D eigenvalue weighted by Gasteiger charge is -2.33. The molecule has 0 radical (unpaired) electrons. The van der Waals surface area contributed by atoms with Crippen LogP contribution in [0.1, 0.15) is 26.2 Å². The van der Waals surface area contributed by atoms with Crippen molar-refractivity contribution in [2.75, 3.05) is 25.4 Å². The standard InChI is InChI=1S/C20H23FN4OS2/c1-13-5-2-3-9-25(13)10-8-22-16(26)11-27-20-19-18(23-12-24-20)17-14(21)6-4-7-15(17)28-19/h4,6-7,12-13H,2-3,5,8-11H2,1H3,(H,22,26). The lowest BCUT2D eigenvalue weighted by atomic mass is 10.0. The first kappa shape index (κ1) is 19.5. The molecule has 0 saturated carbocycles. The number of hydrogen-bond donors (Lipinski definition) is 1. The van der Waals surface area contributed by atoms with E-state index in [1.165, 1.54) is 54.8 Å². The Labute approximate surface area is 171 Å². The first-order chi connectivity index (χ1) is 13.6. The van der Waals surface area contributed by atoms with Gasteiger partial charge in [0.15, 0.2) is 0 Å². The summed E-state index contributed by atoms with van der Waals surface area (Å²) in [6, 6.07) is 5.63. The van der Waals surface area contributed by atoms with E-state index in [1.807, 2.05) is 6.07 Å². The fourth-order valence-electron chi connectivity index (χ4n) is 3.67. The smallest absolute Gasteiger partial charge is 0.230 e. The number of thioether (sulfide) groups is 1. The van der Waals surface area contributed by atoms with Crippen molar-refractivity contribution in [2.24, 2.45) is 0 Å². The van der Waals surface area contributed by atoms with Gasteiger partial charge in [-0.15, -0.1) is 11.3 Å². The molecule has 1 aliphatic rings. The van der Waals surface area contributed by atoms with Crippen LogP contribution in [0.3, 0.4) is 0 Å². The molecule has 1 aromatic carbocycles. The Morgan fingerprint density at radius 3 is 3.14 bits per heavy atom. The van der Waals surface area contributed by atoms with Gasteiger partial charge in [0.05, 0.1) is 21.4 Å². The van der Waals surface area contributed by atoms with E-state index in [2.05, 4.69) is 27.1 Å². The van der Waals surface area contributed by atoms with Gasteiger partial charge < -0.3 is 5.32 Å². The number of piperidine rings is 1. The third-order valence-electron chi connectivity index (χ3n) is 5.20. The second kappa shape index (κ2) is 8.71. The maximum absolute atomic E-state index is 14.2. The van der Waals surface area contributed by atoms with Crippen LogP contribution >= 0.6 is 23.1 Å². The highest BCUT2D eigenvalue weighted by atomic mass is 32.2. The molecule has 0 bridgehead atoms. The number of benzene rings is 1. The highest BCUT2D eigenvalue weighted by molar-refractivity contribution is 8.00. The summed E-state index contributed by atoms with van der Waals surface area (Å²) in [6.45, 7) is 4.93. The van der Waals surface area contributed by atoms with Crippen LogP contribution in [0.15, 0.2) is 29.6 Å². The molecule has 8 heteroatoms. The van der Waals surface area contributed by atoms with Crippen LogP contribution in [-0.2, 0) is 4.79 Å². The number of hydrogen-bond acceptors (Lipinski definition) is 6. The molecule has 28 heavy (non-hydrogen) atoms. The number of nitrogens with one attached hydrogen (secondary N) is 1. The molecule has 0 aliphatic carbocycles. The van der Waals surface area contributed by atoms with E-state index < -0.39 is 0 Å². The summed E-state index contributed by atoms with van der Waals surface area (Å²) in [5.41, 5.74) is 0.620. The summed E-state index contributed by atoms with van der Waals surface area (Å²) in [7, 11) is 0. The van der Waals surface area contributed by atoms with Crippen molar-refractivity contribution < 1.29 is 9.18 Å². The maximum Gasteiger partial charge on any atom is 0.230 e. The first-order valence-corrected chi connectivity index (χ1v) is 11.4. The van der Waals surface area contributed by atoms with Crippen LogP contribution < -0.4 is 5.32 Å². The van der Waals surface area contributed by atoms with Crippen molar-refractivity contribution >= 4 is 49.3 Å². The maximum atomic E-state index is 14.2. The SMILES string of the molecule is CC1CCCCN1CCNC(=O)CSc1ncnc2c1sc1cccc(F)c12. The van der Waals surface area contributed by atoms with E-state index in [0.717, 1.165) is 27.5 Å². The molecule has 1 N–H and O–H groups in total. The van der Waals surface area contributed by atoms with E-state index in [-0.39, 0.29) is 11.7 Å². The van der Waals surface area contributed by atoms with E-state index in [0.29, 0.717) is 29.2 Å². The van der Waals surface area contributed by atoms with Gasteiger partial charge in [-0.3, -0.25) is 9.69 Å². The molecular formula is C20H23FN4OS2. The molecule has 4 rings (SSSR count). The van der Waals surface area contributed by atoms with Crippen LogP contribution in [0.2, 0.25) is 0 Å². The number of aromatic nitrogens is 2. The van der Waals surface area contributed by atoms with Crippen molar-refractivity contribution in [1.29, 1.82) is 0 Å². The van der Waals surface area contributed by atoms with Crippen LogP contribution in [0.4, 0.5) is 4.39 Å². The van der Waals surface area contributed by atoms with Gasteiger partial charge in [-0.25, -0.2) is 14.4 Å². The Balaban J connectivity index is 1.37. The molecule has 1 amide bonds. The quantitative estimate of drug-likeness (QED) is 0.483. The van der Waals surface area contributed by atoms with Crippen LogP contribution in [0.5, 0.6) is 0 Å². The number of carbonyl (C=O) groups is 1. The minimum absolute atomic E-state index is 0.00582. The second-order valence-electron chi connectivity index (χ2n) is 7.09. The number of amides is 1. The molecule has 1 fully saturated rings. The Bertz CT molecular complexity index is 993. The molecule has 3 heterocycles. The van der Waals surface area contributed by atoms with Gasteiger partial charge >= 0.3 is 0 Å². The number of fused-ring (bicyclic) bond motifs is 3. The largest absolute Gasteiger partial charge is 0.354 e. The van der Waals surface area contributed by atoms with Crippen LogP contribution in [0.25, 0.3) is 20.3 Å². The molecule has 2 aromatic heterocycles. The Kier molecular flexibility index (Phi) is 6.08. The Morgan fingerprint density at radius 1 is 1.39 bits per heavy atom. The highest BCUT2D eigenvalue weighted by Gasteiger charge is 2.18. The average molecular weight is 419 g/mol. The first-order valence-electron chi connectivity index (χ1n) is 9.59. The molecule has 148 valence electrons. The van der Waals surface area contributed by atoms with Gasteiger partial charge in [0.2, 0.25) is 5.91 Å². The van der Waals surface area contributed by atoms with Gasteiger partial charge in [0.1, 0.15) is 17.2 Å². The number of thiophene rings is 1. The van der Waals surface area contributed by atoms with Crippen molar-refractivity contribution in [2.45, 2.75) is 37.3 Å². The predicted octanol–water partition coefficient (Wildman–Crippen LogP) is 4.07. The van der Waals surface area contributed by atoms with E-state index >= 15 is 0 Å². The minimum atomic E-state index is -0.275. The number of nitrogens with zero attached hydrogens (tertiary/aromatic N) is 3. The zero-order valence-corrected chi connectivity index (χ0v) is 17.4. The Hall–Kier alpha value is -1.77. The third kappa shape index (κ3) is 4.14. The molecule has 1 unspecified atom stereocenters. The molecule has 1 saturated heterocycles. The van der Waals surface area contributed by atoms with Crippen LogP contribution in [0, 0.1) is 5.82 Å². The van der Waals surface area contributed by atoms with E-state index in [4.69, 9.17) is 0 Å². The molecule has 1 aliphatic heterocycles. The summed E-state index contributed by atoms with van der Waals surface area (Å²) >= 11 is 2.84. The summed E-state index contributed by atoms with van der Waals surface area (Å²) in [5.74, 6) is 0.00933. The van der Waals surface area contributed by atoms with Gasteiger partial charge in [-0.05, 0) is 38.4 Å². The number of carbonyl (C=O) groups excluding carboxylic acids is 1. The fraction of sp³-hybridized carbons (Fsp3) is 0.450. The van der Waals surface area contributed by atoms with Gasteiger partial charge in [-0.1, -0.05) is 24.2 Å². The molecule has 1 atom stereocenters. The normalized spacial score (nSPS) is 18.0. The fourth-order valence-corrected chi connectivity index (χ4v) is 5.75. The van der Waals surface area contributed by atoms with E-state index in [9.17, 15) is 9.18 Å². The van der Waals surface area contributed by atoms with Crippen molar-refractivity contribution in [3.8, 4) is 0 Å². The lowest BCUT2D eigenvalue weighted by Crippen LogP contribution is -2.42. The zero-order chi connectivity index (χ0) is 19.5. The summed E-state index contributed by atoms with van der Waals surface area (Å²) < 4.78 is 15.9. The molecular weight excluding hydrogens is 395 g/mol. The van der Waals surface area contributed by atoms with E-state index in [1.54, 1.807) is 6.07 Å². The topological polar surface area (TPSA) is 58.1 Å². The molecule has 5 nitrogen and oxygen atoms in total. The minimum Gasteiger partial charge on any atom is -0.354 e. The van der Waals surface area contributed by atoms with Gasteiger partial charge in [-0.2, -0.15) is 0 Å². The molecule has 0 spiro atoms. The molecule has 3 aromatic rings. The highest BCUT2D eigenvalue weighted by Crippen LogP contribution is 2.38. The van der Waals surface area contributed by atoms with Gasteiger partial charge in [0, 0.05) is 23.8 Å². The summed E-state index contributed by atoms with van der Waals surface area (Å²) in [6.07, 6.45) is 5.23. The predicted molar refractivity (Wildman–Crippen MR) is 113 cm³/mol. The summed E-state index contributed by atoms with van der Waals surface area (Å²) in [4.78, 5) is 23.3. The average Bonchev–Trinajstić information content (AvgIpc) is 3.08. The van der Waals surface area contributed by atoms with Gasteiger partial charge in [0.25, 0.3) is 0 Å². The number of rotatable bonds is 6. The number of likely N-dealkylation sites (tertiary alicyclic amines) is 1. The van der Waals surface area contributed by atoms with Crippen molar-refractivity contribution in [3.63, 3.8) is 0 Å². The van der Waals surface area contributed by atoms with Crippen LogP contribution in [-0.4, -0.2) is 52.2 Å². The van der Waals surface area contributed by atoms with Crippen molar-refractivity contribution in [1.82, 2.24) is 20.2 Å². The third-order valence-corrected chi connectivity index (χ3v) is 7.47.